The molecule has 0 aromatic carbocycles. The van der Waals surface area contributed by atoms with Crippen LogP contribution in [0.25, 0.3) is 0 Å². The van der Waals surface area contributed by atoms with Gasteiger partial charge in [-0.3, -0.25) is 9.59 Å². The molecule has 11 nitrogen and oxygen atoms in total. The van der Waals surface area contributed by atoms with Crippen LogP contribution in [0.3, 0.4) is 0 Å². The van der Waals surface area contributed by atoms with Gasteiger partial charge < -0.3 is 39.4 Å². The van der Waals surface area contributed by atoms with E-state index in [4.69, 9.17) is 28.8 Å². The Balaban J connectivity index is 2.14. The zero-order valence-corrected chi connectivity index (χ0v) is 17.5. The first-order chi connectivity index (χ1) is 13.3. The van der Waals surface area contributed by atoms with Gasteiger partial charge in [-0.2, -0.15) is 0 Å². The average molecular weight is 418 g/mol. The molecule has 166 valence electrons. The minimum Gasteiger partial charge on any atom is -0.480 e. The van der Waals surface area contributed by atoms with Gasteiger partial charge in [-0.05, 0) is 34.6 Å². The number of fused-ring (bicyclic) bond motifs is 1. The van der Waals surface area contributed by atoms with Gasteiger partial charge in [0.1, 0.15) is 30.5 Å². The second-order valence-electron chi connectivity index (χ2n) is 8.40. The highest BCUT2D eigenvalue weighted by Gasteiger charge is 2.57. The molecule has 0 bridgehead atoms. The van der Waals surface area contributed by atoms with Gasteiger partial charge in [0, 0.05) is 13.5 Å². The predicted molar refractivity (Wildman–Crippen MR) is 97.9 cm³/mol. The smallest absolute Gasteiger partial charge is 0.407 e. The van der Waals surface area contributed by atoms with E-state index in [2.05, 4.69) is 10.6 Å². The van der Waals surface area contributed by atoms with E-state index in [0.29, 0.717) is 0 Å². The Hall–Kier alpha value is -1.95. The molecule has 2 heterocycles. The van der Waals surface area contributed by atoms with Crippen molar-refractivity contribution in [2.75, 3.05) is 13.7 Å². The number of carbonyl (C=O) groups excluding carboxylic acids is 2. The fraction of sp³-hybridized carbons (Fsp3) is 0.833. The summed E-state index contributed by atoms with van der Waals surface area (Å²) < 4.78 is 28.2. The topological polar surface area (TPSA) is 142 Å². The lowest BCUT2D eigenvalue weighted by Gasteiger charge is -2.31. The van der Waals surface area contributed by atoms with Gasteiger partial charge in [-0.1, -0.05) is 0 Å². The number of amides is 2. The summed E-state index contributed by atoms with van der Waals surface area (Å²) in [6, 6.07) is -0.871. The van der Waals surface area contributed by atoms with Crippen molar-refractivity contribution in [1.82, 2.24) is 10.6 Å². The lowest BCUT2D eigenvalue weighted by atomic mass is 10.00. The molecule has 5 atom stereocenters. The maximum atomic E-state index is 12.3. The number of carbonyl (C=O) groups is 3. The lowest BCUT2D eigenvalue weighted by molar-refractivity contribution is -0.219. The fourth-order valence-corrected chi connectivity index (χ4v) is 3.25. The quantitative estimate of drug-likeness (QED) is 0.534. The number of ether oxygens (including phenoxy) is 5. The van der Waals surface area contributed by atoms with E-state index in [1.165, 1.54) is 7.11 Å². The molecule has 0 aliphatic carbocycles. The zero-order valence-electron chi connectivity index (χ0n) is 17.5. The molecule has 0 unspecified atom stereocenters. The zero-order chi connectivity index (χ0) is 22.0. The van der Waals surface area contributed by atoms with Crippen molar-refractivity contribution >= 4 is 18.0 Å². The van der Waals surface area contributed by atoms with Crippen LogP contribution in [0.1, 0.15) is 41.0 Å². The molecule has 2 amide bonds. The van der Waals surface area contributed by atoms with Crippen LogP contribution in [0.2, 0.25) is 0 Å². The highest BCUT2D eigenvalue weighted by atomic mass is 16.8. The second kappa shape index (κ2) is 8.82. The third kappa shape index (κ3) is 6.53. The van der Waals surface area contributed by atoms with Crippen molar-refractivity contribution in [3.8, 4) is 0 Å². The SMILES string of the molecule is CO[C@@H]1[C@H]2OC(C)(C)O[C@H]2O[C@@H]1[C@H](CC(=O)NCC(=O)O)NC(=O)OC(C)(C)C. The third-order valence-corrected chi connectivity index (χ3v) is 4.24. The fourth-order valence-electron chi connectivity index (χ4n) is 3.25. The molecular weight excluding hydrogens is 388 g/mol. The second-order valence-corrected chi connectivity index (χ2v) is 8.40. The molecule has 0 saturated carbocycles. The summed E-state index contributed by atoms with van der Waals surface area (Å²) in [5, 5.41) is 13.6. The van der Waals surface area contributed by atoms with Gasteiger partial charge in [-0.25, -0.2) is 4.79 Å². The van der Waals surface area contributed by atoms with Crippen LogP contribution in [0.15, 0.2) is 0 Å². The van der Waals surface area contributed by atoms with E-state index in [9.17, 15) is 14.4 Å². The number of aliphatic carboxylic acids is 1. The van der Waals surface area contributed by atoms with Crippen molar-refractivity contribution in [2.45, 2.75) is 83.1 Å². The number of hydrogen-bond acceptors (Lipinski definition) is 8. The Morgan fingerprint density at radius 2 is 1.86 bits per heavy atom. The Kier molecular flexibility index (Phi) is 7.10. The molecule has 0 radical (unpaired) electrons. The summed E-state index contributed by atoms with van der Waals surface area (Å²) in [7, 11) is 1.47. The maximum absolute atomic E-state index is 12.3. The highest BCUT2D eigenvalue weighted by Crippen LogP contribution is 2.39. The van der Waals surface area contributed by atoms with Crippen LogP contribution in [0, 0.1) is 0 Å². The number of rotatable bonds is 7. The summed E-state index contributed by atoms with van der Waals surface area (Å²) in [5.74, 6) is -2.61. The summed E-state index contributed by atoms with van der Waals surface area (Å²) in [4.78, 5) is 35.2. The van der Waals surface area contributed by atoms with Crippen molar-refractivity contribution < 1.29 is 43.2 Å². The van der Waals surface area contributed by atoms with Gasteiger partial charge in [0.25, 0.3) is 0 Å². The first-order valence-electron chi connectivity index (χ1n) is 9.33. The normalized spacial score (nSPS) is 29.0. The summed E-state index contributed by atoms with van der Waals surface area (Å²) >= 11 is 0. The molecule has 3 N–H and O–H groups in total. The lowest BCUT2D eigenvalue weighted by Crippen LogP contribution is -2.53. The van der Waals surface area contributed by atoms with Crippen molar-refractivity contribution in [3.05, 3.63) is 0 Å². The van der Waals surface area contributed by atoms with E-state index in [0.717, 1.165) is 0 Å². The van der Waals surface area contributed by atoms with Gasteiger partial charge in [0.2, 0.25) is 5.91 Å². The molecule has 2 rings (SSSR count). The Morgan fingerprint density at radius 1 is 1.21 bits per heavy atom. The van der Waals surface area contributed by atoms with Gasteiger partial charge in [0.05, 0.1) is 6.04 Å². The monoisotopic (exact) mass is 418 g/mol. The molecule has 0 spiro atoms. The van der Waals surface area contributed by atoms with Crippen molar-refractivity contribution in [2.24, 2.45) is 0 Å². The Morgan fingerprint density at radius 3 is 2.41 bits per heavy atom. The Labute approximate surface area is 169 Å². The van der Waals surface area contributed by atoms with E-state index in [1.54, 1.807) is 34.6 Å². The average Bonchev–Trinajstić information content (AvgIpc) is 3.01. The summed E-state index contributed by atoms with van der Waals surface area (Å²) in [6.45, 7) is 8.07. The Bertz CT molecular complexity index is 631. The number of nitrogens with one attached hydrogen (secondary N) is 2. The summed E-state index contributed by atoms with van der Waals surface area (Å²) in [5.41, 5.74) is -0.746. The number of hydrogen-bond donors (Lipinski definition) is 3. The van der Waals surface area contributed by atoms with E-state index in [1.807, 2.05) is 0 Å². The van der Waals surface area contributed by atoms with Crippen LogP contribution in [0.4, 0.5) is 4.79 Å². The number of methoxy groups -OCH3 is 1. The number of carboxylic acid groups (broad SMARTS) is 1. The first-order valence-corrected chi connectivity index (χ1v) is 9.33. The standard InChI is InChI=1S/C18H30N2O9/c1-17(2,3)29-16(24)20-9(7-10(21)19-8-11(22)23)12-13(25-6)14-15(26-12)28-18(4,5)27-14/h9,12-15H,7-8H2,1-6H3,(H,19,21)(H,20,24)(H,22,23)/t9-,12+,13-,14+,15+/m0/s1. The summed E-state index contributed by atoms with van der Waals surface area (Å²) in [6.07, 6.45) is -3.69. The molecule has 2 saturated heterocycles. The van der Waals surface area contributed by atoms with Gasteiger partial charge in [0.15, 0.2) is 12.1 Å². The van der Waals surface area contributed by atoms with Gasteiger partial charge in [-0.15, -0.1) is 0 Å². The number of alkyl carbamates (subject to hydrolysis) is 1. The molecule has 0 aromatic rings. The van der Waals surface area contributed by atoms with Crippen LogP contribution in [-0.4, -0.2) is 78.8 Å². The van der Waals surface area contributed by atoms with E-state index < -0.39 is 66.5 Å². The highest BCUT2D eigenvalue weighted by molar-refractivity contribution is 5.82. The molecule has 29 heavy (non-hydrogen) atoms. The van der Waals surface area contributed by atoms with Crippen LogP contribution >= 0.6 is 0 Å². The number of carboxylic acids is 1. The van der Waals surface area contributed by atoms with Gasteiger partial charge >= 0.3 is 12.1 Å². The molecule has 11 heteroatoms. The van der Waals surface area contributed by atoms with Crippen LogP contribution < -0.4 is 10.6 Å². The van der Waals surface area contributed by atoms with Crippen molar-refractivity contribution in [1.29, 1.82) is 0 Å². The maximum Gasteiger partial charge on any atom is 0.407 e. The van der Waals surface area contributed by atoms with Crippen LogP contribution in [0.5, 0.6) is 0 Å². The molecule has 2 aliphatic heterocycles. The first kappa shape index (κ1) is 23.3. The molecule has 0 aromatic heterocycles. The molecule has 2 fully saturated rings. The van der Waals surface area contributed by atoms with E-state index >= 15 is 0 Å². The molecular formula is C18H30N2O9. The van der Waals surface area contributed by atoms with E-state index in [-0.39, 0.29) is 6.42 Å². The third-order valence-electron chi connectivity index (χ3n) is 4.24. The molecule has 2 aliphatic rings. The van der Waals surface area contributed by atoms with Crippen LogP contribution in [-0.2, 0) is 33.3 Å². The minimum atomic E-state index is -1.18. The minimum absolute atomic E-state index is 0.250. The van der Waals surface area contributed by atoms with Crippen molar-refractivity contribution in [3.63, 3.8) is 0 Å². The predicted octanol–water partition coefficient (Wildman–Crippen LogP) is 0.362. The largest absolute Gasteiger partial charge is 0.480 e.